The standard InChI is InChI=1S/C15H12Cl2N2O2/c16-11-2-1-10-12(5-8-21-14(10)13(11)17)19-15(20)9-3-6-18-7-4-9/h1-4,6-7,12H,5,8H2,(H,19,20). The number of carbonyl (C=O) groups is 1. The first-order valence-electron chi connectivity index (χ1n) is 6.48. The van der Waals surface area contributed by atoms with Crippen LogP contribution in [0.4, 0.5) is 0 Å². The molecule has 108 valence electrons. The van der Waals surface area contributed by atoms with Crippen molar-refractivity contribution in [2.75, 3.05) is 6.61 Å². The molecule has 0 fully saturated rings. The molecule has 2 aromatic rings. The number of rotatable bonds is 2. The smallest absolute Gasteiger partial charge is 0.251 e. The van der Waals surface area contributed by atoms with Crippen LogP contribution in [-0.2, 0) is 0 Å². The van der Waals surface area contributed by atoms with Crippen molar-refractivity contribution in [3.05, 3.63) is 57.8 Å². The van der Waals surface area contributed by atoms with Crippen LogP contribution in [0.1, 0.15) is 28.4 Å². The number of amides is 1. The molecule has 21 heavy (non-hydrogen) atoms. The third kappa shape index (κ3) is 2.82. The maximum atomic E-state index is 12.2. The molecule has 1 unspecified atom stereocenters. The van der Waals surface area contributed by atoms with Crippen LogP contribution in [0.5, 0.6) is 5.75 Å². The van der Waals surface area contributed by atoms with Gasteiger partial charge in [-0.15, -0.1) is 0 Å². The Bertz CT molecular complexity index is 677. The lowest BCUT2D eigenvalue weighted by Gasteiger charge is -2.27. The second kappa shape index (κ2) is 5.92. The van der Waals surface area contributed by atoms with Crippen molar-refractivity contribution in [3.63, 3.8) is 0 Å². The number of hydrogen-bond donors (Lipinski definition) is 1. The highest BCUT2D eigenvalue weighted by atomic mass is 35.5. The predicted molar refractivity (Wildman–Crippen MR) is 81.0 cm³/mol. The van der Waals surface area contributed by atoms with E-state index in [0.717, 1.165) is 5.56 Å². The van der Waals surface area contributed by atoms with E-state index in [1.165, 1.54) is 0 Å². The molecule has 1 aliphatic rings. The molecule has 1 atom stereocenters. The van der Waals surface area contributed by atoms with Gasteiger partial charge in [0.25, 0.3) is 5.91 Å². The Balaban J connectivity index is 1.86. The van der Waals surface area contributed by atoms with Gasteiger partial charge in [0.15, 0.2) is 0 Å². The van der Waals surface area contributed by atoms with Gasteiger partial charge in [0.1, 0.15) is 10.8 Å². The van der Waals surface area contributed by atoms with E-state index in [4.69, 9.17) is 27.9 Å². The summed E-state index contributed by atoms with van der Waals surface area (Å²) in [6.45, 7) is 0.481. The van der Waals surface area contributed by atoms with Crippen LogP contribution in [0.25, 0.3) is 0 Å². The quantitative estimate of drug-likeness (QED) is 0.918. The fourth-order valence-electron chi connectivity index (χ4n) is 2.30. The lowest BCUT2D eigenvalue weighted by atomic mass is 10.00. The molecule has 1 amide bonds. The number of aromatic nitrogens is 1. The van der Waals surface area contributed by atoms with Crippen molar-refractivity contribution < 1.29 is 9.53 Å². The van der Waals surface area contributed by atoms with E-state index < -0.39 is 0 Å². The van der Waals surface area contributed by atoms with Gasteiger partial charge < -0.3 is 10.1 Å². The van der Waals surface area contributed by atoms with Gasteiger partial charge in [-0.25, -0.2) is 0 Å². The Hall–Kier alpha value is -1.78. The largest absolute Gasteiger partial charge is 0.492 e. The van der Waals surface area contributed by atoms with Crippen molar-refractivity contribution in [2.45, 2.75) is 12.5 Å². The zero-order chi connectivity index (χ0) is 14.8. The van der Waals surface area contributed by atoms with Crippen molar-refractivity contribution in [2.24, 2.45) is 0 Å². The Kier molecular flexibility index (Phi) is 3.99. The summed E-state index contributed by atoms with van der Waals surface area (Å²) in [4.78, 5) is 16.1. The average molecular weight is 323 g/mol. The summed E-state index contributed by atoms with van der Waals surface area (Å²) in [5.74, 6) is 0.400. The highest BCUT2D eigenvalue weighted by molar-refractivity contribution is 6.43. The zero-order valence-electron chi connectivity index (χ0n) is 11.0. The molecule has 4 nitrogen and oxygen atoms in total. The molecule has 1 aromatic heterocycles. The average Bonchev–Trinajstić information content (AvgIpc) is 2.52. The molecule has 2 heterocycles. The van der Waals surface area contributed by atoms with Crippen molar-refractivity contribution in [3.8, 4) is 5.75 Å². The number of hydrogen-bond acceptors (Lipinski definition) is 3. The molecule has 0 bridgehead atoms. The number of ether oxygens (including phenoxy) is 1. The molecule has 1 aromatic carbocycles. The van der Waals surface area contributed by atoms with E-state index in [0.29, 0.717) is 34.4 Å². The zero-order valence-corrected chi connectivity index (χ0v) is 12.5. The topological polar surface area (TPSA) is 51.2 Å². The summed E-state index contributed by atoms with van der Waals surface area (Å²) in [5, 5.41) is 3.82. The van der Waals surface area contributed by atoms with Crippen molar-refractivity contribution in [1.82, 2.24) is 10.3 Å². The summed E-state index contributed by atoms with van der Waals surface area (Å²) in [6.07, 6.45) is 3.86. The van der Waals surface area contributed by atoms with Gasteiger partial charge in [-0.1, -0.05) is 29.3 Å². The Morgan fingerprint density at radius 1 is 1.24 bits per heavy atom. The lowest BCUT2D eigenvalue weighted by molar-refractivity contribution is 0.0924. The highest BCUT2D eigenvalue weighted by Gasteiger charge is 2.26. The Morgan fingerprint density at radius 2 is 2.00 bits per heavy atom. The molecular weight excluding hydrogens is 311 g/mol. The minimum Gasteiger partial charge on any atom is -0.492 e. The highest BCUT2D eigenvalue weighted by Crippen LogP contribution is 2.41. The number of nitrogens with zero attached hydrogens (tertiary/aromatic N) is 1. The normalized spacial score (nSPS) is 16.8. The second-order valence-electron chi connectivity index (χ2n) is 4.68. The first-order valence-corrected chi connectivity index (χ1v) is 7.24. The fraction of sp³-hybridized carbons (Fsp3) is 0.200. The Morgan fingerprint density at radius 3 is 2.76 bits per heavy atom. The minimum atomic E-state index is -0.152. The van der Waals surface area contributed by atoms with Crippen molar-refractivity contribution in [1.29, 1.82) is 0 Å². The predicted octanol–water partition coefficient (Wildman–Crippen LogP) is 3.64. The molecule has 1 aliphatic heterocycles. The van der Waals surface area contributed by atoms with Crippen LogP contribution in [0.15, 0.2) is 36.7 Å². The number of pyridine rings is 1. The molecule has 0 saturated heterocycles. The van der Waals surface area contributed by atoms with E-state index in [9.17, 15) is 4.79 Å². The molecule has 0 aliphatic carbocycles. The van der Waals surface area contributed by atoms with Gasteiger partial charge in [0.2, 0.25) is 0 Å². The first kappa shape index (κ1) is 14.2. The van der Waals surface area contributed by atoms with Gasteiger partial charge in [-0.3, -0.25) is 9.78 Å². The Labute approximate surface area is 132 Å². The molecule has 3 rings (SSSR count). The summed E-state index contributed by atoms with van der Waals surface area (Å²) >= 11 is 12.1. The van der Waals surface area contributed by atoms with Crippen LogP contribution in [-0.4, -0.2) is 17.5 Å². The number of nitrogens with one attached hydrogen (secondary N) is 1. The lowest BCUT2D eigenvalue weighted by Crippen LogP contribution is -2.32. The van der Waals surface area contributed by atoms with Crippen LogP contribution in [0, 0.1) is 0 Å². The first-order chi connectivity index (χ1) is 10.2. The van der Waals surface area contributed by atoms with Gasteiger partial charge in [-0.2, -0.15) is 0 Å². The summed E-state index contributed by atoms with van der Waals surface area (Å²) < 4.78 is 5.57. The SMILES string of the molecule is O=C(NC1CCOc2c1ccc(Cl)c2Cl)c1ccncc1. The molecular formula is C15H12Cl2N2O2. The summed E-state index contributed by atoms with van der Waals surface area (Å²) in [5.41, 5.74) is 1.41. The molecule has 1 N–H and O–H groups in total. The second-order valence-corrected chi connectivity index (χ2v) is 5.46. The van der Waals surface area contributed by atoms with Gasteiger partial charge in [0.05, 0.1) is 17.7 Å². The van der Waals surface area contributed by atoms with E-state index in [1.54, 1.807) is 30.6 Å². The number of halogens is 2. The van der Waals surface area contributed by atoms with Gasteiger partial charge in [-0.05, 0) is 18.2 Å². The third-order valence-corrected chi connectivity index (χ3v) is 4.14. The van der Waals surface area contributed by atoms with Crippen LogP contribution < -0.4 is 10.1 Å². The van der Waals surface area contributed by atoms with E-state index in [1.807, 2.05) is 6.07 Å². The molecule has 0 saturated carbocycles. The van der Waals surface area contributed by atoms with E-state index in [2.05, 4.69) is 10.3 Å². The van der Waals surface area contributed by atoms with Gasteiger partial charge >= 0.3 is 0 Å². The number of fused-ring (bicyclic) bond motifs is 1. The number of carbonyl (C=O) groups excluding carboxylic acids is 1. The maximum absolute atomic E-state index is 12.2. The number of benzene rings is 1. The minimum absolute atomic E-state index is 0.149. The molecule has 0 radical (unpaired) electrons. The van der Waals surface area contributed by atoms with Crippen LogP contribution >= 0.6 is 23.2 Å². The van der Waals surface area contributed by atoms with Crippen molar-refractivity contribution >= 4 is 29.1 Å². The monoisotopic (exact) mass is 322 g/mol. The fourth-order valence-corrected chi connectivity index (χ4v) is 2.67. The van der Waals surface area contributed by atoms with Gasteiger partial charge in [0, 0.05) is 29.9 Å². The summed E-state index contributed by atoms with van der Waals surface area (Å²) in [7, 11) is 0. The van der Waals surface area contributed by atoms with Crippen LogP contribution in [0.3, 0.4) is 0 Å². The summed E-state index contributed by atoms with van der Waals surface area (Å²) in [6, 6.07) is 6.74. The third-order valence-electron chi connectivity index (χ3n) is 3.36. The van der Waals surface area contributed by atoms with E-state index in [-0.39, 0.29) is 11.9 Å². The molecule has 0 spiro atoms. The maximum Gasteiger partial charge on any atom is 0.251 e. The molecule has 6 heteroatoms. The van der Waals surface area contributed by atoms with Crippen LogP contribution in [0.2, 0.25) is 10.0 Å². The van der Waals surface area contributed by atoms with E-state index >= 15 is 0 Å².